The van der Waals surface area contributed by atoms with Gasteiger partial charge in [-0.15, -0.1) is 0 Å². The summed E-state index contributed by atoms with van der Waals surface area (Å²) >= 11 is 9.09. The van der Waals surface area contributed by atoms with Crippen molar-refractivity contribution in [3.63, 3.8) is 0 Å². The highest BCUT2D eigenvalue weighted by atomic mass is 35.5. The first-order chi connectivity index (χ1) is 16.5. The first-order valence-electron chi connectivity index (χ1n) is 11.6. The van der Waals surface area contributed by atoms with E-state index < -0.39 is 5.54 Å². The number of halogens is 1. The molecule has 1 fully saturated rings. The quantitative estimate of drug-likeness (QED) is 0.322. The van der Waals surface area contributed by atoms with Gasteiger partial charge in [-0.05, 0) is 65.1 Å². The maximum absolute atomic E-state index is 13.4. The van der Waals surface area contributed by atoms with E-state index in [-0.39, 0.29) is 23.0 Å². The minimum Gasteiger partial charge on any atom is -0.511 e. The van der Waals surface area contributed by atoms with Crippen LogP contribution < -0.4 is 10.6 Å². The summed E-state index contributed by atoms with van der Waals surface area (Å²) in [7, 11) is 0. The van der Waals surface area contributed by atoms with Crippen LogP contribution in [0.2, 0.25) is 5.02 Å². The molecule has 0 bridgehead atoms. The SMILES string of the molecule is O=C1NC(c2ccsc2)(c2cccc(NC3CCCCC3)c2)CC(O)=C1Sc1ccccc1Cl. The fraction of sp³-hybridized carbons (Fsp3) is 0.296. The smallest absolute Gasteiger partial charge is 0.262 e. The summed E-state index contributed by atoms with van der Waals surface area (Å²) in [5.74, 6) is -0.226. The molecule has 1 amide bonds. The number of carbonyl (C=O) groups is 1. The van der Waals surface area contributed by atoms with E-state index >= 15 is 0 Å². The van der Waals surface area contributed by atoms with Crippen LogP contribution in [0.5, 0.6) is 0 Å². The van der Waals surface area contributed by atoms with E-state index in [4.69, 9.17) is 11.6 Å². The Morgan fingerprint density at radius 1 is 1.06 bits per heavy atom. The summed E-state index contributed by atoms with van der Waals surface area (Å²) in [6, 6.07) is 18.1. The molecule has 5 rings (SSSR count). The van der Waals surface area contributed by atoms with Crippen molar-refractivity contribution in [2.45, 2.75) is 55.0 Å². The number of nitrogens with one attached hydrogen (secondary N) is 2. The van der Waals surface area contributed by atoms with E-state index in [1.807, 2.05) is 47.2 Å². The molecule has 4 nitrogen and oxygen atoms in total. The molecule has 3 aromatic rings. The first-order valence-corrected chi connectivity index (χ1v) is 13.8. The molecule has 34 heavy (non-hydrogen) atoms. The number of benzene rings is 2. The van der Waals surface area contributed by atoms with Crippen LogP contribution >= 0.6 is 34.7 Å². The van der Waals surface area contributed by atoms with Gasteiger partial charge in [0.2, 0.25) is 0 Å². The van der Waals surface area contributed by atoms with Gasteiger partial charge in [-0.3, -0.25) is 4.79 Å². The predicted octanol–water partition coefficient (Wildman–Crippen LogP) is 7.47. The largest absolute Gasteiger partial charge is 0.511 e. The van der Waals surface area contributed by atoms with Crippen molar-refractivity contribution < 1.29 is 9.90 Å². The minimum absolute atomic E-state index is 0.0745. The van der Waals surface area contributed by atoms with Gasteiger partial charge in [0, 0.05) is 23.0 Å². The Kier molecular flexibility index (Phi) is 6.91. The van der Waals surface area contributed by atoms with E-state index in [0.29, 0.717) is 11.1 Å². The molecule has 3 N–H and O–H groups in total. The highest BCUT2D eigenvalue weighted by Crippen LogP contribution is 2.44. The number of amides is 1. The van der Waals surface area contributed by atoms with Gasteiger partial charge < -0.3 is 15.7 Å². The van der Waals surface area contributed by atoms with Crippen molar-refractivity contribution in [1.29, 1.82) is 0 Å². The highest BCUT2D eigenvalue weighted by Gasteiger charge is 2.43. The van der Waals surface area contributed by atoms with Crippen LogP contribution in [0, 0.1) is 0 Å². The Morgan fingerprint density at radius 2 is 1.88 bits per heavy atom. The van der Waals surface area contributed by atoms with Crippen LogP contribution in [0.4, 0.5) is 5.69 Å². The Morgan fingerprint density at radius 3 is 2.62 bits per heavy atom. The lowest BCUT2D eigenvalue weighted by molar-refractivity contribution is -0.119. The average molecular weight is 511 g/mol. The number of thiophene rings is 1. The molecule has 2 heterocycles. The maximum Gasteiger partial charge on any atom is 0.262 e. The number of rotatable bonds is 6. The fourth-order valence-electron chi connectivity index (χ4n) is 4.88. The fourth-order valence-corrected chi connectivity index (χ4v) is 6.73. The van der Waals surface area contributed by atoms with Gasteiger partial charge in [0.25, 0.3) is 5.91 Å². The number of hydrogen-bond donors (Lipinski definition) is 3. The van der Waals surface area contributed by atoms with Gasteiger partial charge in [-0.25, -0.2) is 0 Å². The van der Waals surface area contributed by atoms with Crippen LogP contribution in [-0.4, -0.2) is 17.1 Å². The van der Waals surface area contributed by atoms with Gasteiger partial charge in [0.05, 0.1) is 10.6 Å². The van der Waals surface area contributed by atoms with Gasteiger partial charge in [-0.1, -0.05) is 66.9 Å². The zero-order valence-electron chi connectivity index (χ0n) is 18.7. The molecule has 1 atom stereocenters. The second kappa shape index (κ2) is 10.1. The Hall–Kier alpha value is -2.41. The normalized spacial score (nSPS) is 21.4. The standard InChI is InChI=1S/C27H27ClN2O2S2/c28-22-11-4-5-12-24(22)34-25-23(31)16-27(30-26(25)32,19-13-14-33-17-19)18-7-6-10-21(15-18)29-20-8-2-1-3-9-20/h4-7,10-15,17,20,29,31H,1-3,8-9,16H2,(H,30,32). The first kappa shape index (κ1) is 23.3. The third kappa shape index (κ3) is 4.72. The van der Waals surface area contributed by atoms with Crippen LogP contribution in [-0.2, 0) is 10.3 Å². The highest BCUT2D eigenvalue weighted by molar-refractivity contribution is 8.04. The molecule has 176 valence electrons. The topological polar surface area (TPSA) is 61.4 Å². The molecule has 0 saturated heterocycles. The third-order valence-corrected chi connectivity index (χ3v) is 8.95. The van der Waals surface area contributed by atoms with Crippen LogP contribution in [0.15, 0.2) is 80.9 Å². The zero-order valence-corrected chi connectivity index (χ0v) is 21.1. The number of thioether (sulfide) groups is 1. The number of anilines is 1. The summed E-state index contributed by atoms with van der Waals surface area (Å²) < 4.78 is 0. The van der Waals surface area contributed by atoms with Gasteiger partial charge in [0.1, 0.15) is 10.7 Å². The number of carbonyl (C=O) groups excluding carboxylic acids is 1. The van der Waals surface area contributed by atoms with E-state index in [9.17, 15) is 9.90 Å². The number of aliphatic hydroxyl groups excluding tert-OH is 1. The zero-order chi connectivity index (χ0) is 23.5. The van der Waals surface area contributed by atoms with Crippen molar-refractivity contribution in [3.8, 4) is 0 Å². The van der Waals surface area contributed by atoms with Crippen LogP contribution in [0.25, 0.3) is 0 Å². The molecule has 0 radical (unpaired) electrons. The average Bonchev–Trinajstić information content (AvgIpc) is 3.39. The van der Waals surface area contributed by atoms with E-state index in [2.05, 4.69) is 22.8 Å². The second-order valence-electron chi connectivity index (χ2n) is 8.92. The van der Waals surface area contributed by atoms with Crippen LogP contribution in [0.1, 0.15) is 49.7 Å². The number of hydrogen-bond acceptors (Lipinski definition) is 5. The molecule has 1 unspecified atom stereocenters. The summed E-state index contributed by atoms with van der Waals surface area (Å²) in [6.45, 7) is 0. The summed E-state index contributed by atoms with van der Waals surface area (Å²) in [4.78, 5) is 14.4. The summed E-state index contributed by atoms with van der Waals surface area (Å²) in [6.07, 6.45) is 6.47. The van der Waals surface area contributed by atoms with Crippen LogP contribution in [0.3, 0.4) is 0 Å². The Labute approximate surface area is 213 Å². The molecule has 7 heteroatoms. The minimum atomic E-state index is -0.837. The number of aliphatic hydroxyl groups is 1. The van der Waals surface area contributed by atoms with Crippen molar-refractivity contribution >= 4 is 46.3 Å². The Balaban J connectivity index is 1.50. The molecule has 0 spiro atoms. The lowest BCUT2D eigenvalue weighted by Gasteiger charge is -2.39. The molecule has 1 saturated carbocycles. The molecule has 1 aliphatic carbocycles. The van der Waals surface area contributed by atoms with Gasteiger partial charge in [0.15, 0.2) is 0 Å². The van der Waals surface area contributed by atoms with Gasteiger partial charge >= 0.3 is 0 Å². The molecule has 2 aromatic carbocycles. The van der Waals surface area contributed by atoms with Crippen molar-refractivity contribution in [2.75, 3.05) is 5.32 Å². The van der Waals surface area contributed by atoms with E-state index in [0.717, 1.165) is 21.7 Å². The van der Waals surface area contributed by atoms with Crippen molar-refractivity contribution in [1.82, 2.24) is 5.32 Å². The summed E-state index contributed by atoms with van der Waals surface area (Å²) in [5.41, 5.74) is 2.13. The summed E-state index contributed by atoms with van der Waals surface area (Å²) in [5, 5.41) is 22.7. The lowest BCUT2D eigenvalue weighted by Crippen LogP contribution is -2.50. The maximum atomic E-state index is 13.4. The monoisotopic (exact) mass is 510 g/mol. The predicted molar refractivity (Wildman–Crippen MR) is 142 cm³/mol. The second-order valence-corrected chi connectivity index (χ2v) is 11.2. The van der Waals surface area contributed by atoms with Crippen molar-refractivity contribution in [3.05, 3.63) is 92.2 Å². The molecular weight excluding hydrogens is 484 g/mol. The molecule has 2 aliphatic rings. The third-order valence-electron chi connectivity index (χ3n) is 6.62. The molecular formula is C27H27ClN2O2S2. The Bertz CT molecular complexity index is 1200. The van der Waals surface area contributed by atoms with E-state index in [1.165, 1.54) is 43.9 Å². The molecule has 1 aliphatic heterocycles. The van der Waals surface area contributed by atoms with E-state index in [1.54, 1.807) is 17.4 Å². The van der Waals surface area contributed by atoms with Gasteiger partial charge in [-0.2, -0.15) is 11.3 Å². The molecule has 1 aromatic heterocycles. The lowest BCUT2D eigenvalue weighted by atomic mass is 9.79. The van der Waals surface area contributed by atoms with Crippen molar-refractivity contribution in [2.24, 2.45) is 0 Å².